The minimum Gasteiger partial charge on any atom is -0.368 e. The van der Waals surface area contributed by atoms with Crippen LogP contribution in [0.1, 0.15) is 15.9 Å². The van der Waals surface area contributed by atoms with Crippen LogP contribution in [-0.2, 0) is 11.2 Å². The van der Waals surface area contributed by atoms with E-state index in [1.807, 2.05) is 54.6 Å². The molecule has 0 fully saturated rings. The van der Waals surface area contributed by atoms with E-state index >= 15 is 0 Å². The predicted octanol–water partition coefficient (Wildman–Crippen LogP) is 3.96. The number of carbonyl (C=O) groups is 2. The number of rotatable bonds is 5. The van der Waals surface area contributed by atoms with Crippen LogP contribution in [-0.4, -0.2) is 17.9 Å². The van der Waals surface area contributed by atoms with E-state index in [2.05, 4.69) is 5.32 Å². The van der Waals surface area contributed by atoms with E-state index in [0.29, 0.717) is 11.1 Å². The number of fused-ring (bicyclic) bond motifs is 2. The van der Waals surface area contributed by atoms with Gasteiger partial charge in [-0.3, -0.25) is 9.59 Å². The molecule has 0 unspecified atom stereocenters. The van der Waals surface area contributed by atoms with E-state index in [1.165, 1.54) is 12.1 Å². The largest absolute Gasteiger partial charge is 0.368 e. The zero-order chi connectivity index (χ0) is 20.4. The molecule has 144 valence electrons. The lowest BCUT2D eigenvalue weighted by molar-refractivity contribution is -0.119. The smallest absolute Gasteiger partial charge is 0.253 e. The first-order valence-electron chi connectivity index (χ1n) is 9.28. The second kappa shape index (κ2) is 7.72. The van der Waals surface area contributed by atoms with Crippen LogP contribution in [0.2, 0.25) is 0 Å². The molecule has 4 aromatic rings. The van der Waals surface area contributed by atoms with Crippen molar-refractivity contribution >= 4 is 33.4 Å². The molecule has 4 aromatic carbocycles. The molecule has 0 bridgehead atoms. The van der Waals surface area contributed by atoms with Crippen molar-refractivity contribution in [1.82, 2.24) is 5.32 Å². The molecule has 0 aliphatic heterocycles. The zero-order valence-corrected chi connectivity index (χ0v) is 15.6. The third kappa shape index (κ3) is 3.80. The highest BCUT2D eigenvalue weighted by Crippen LogP contribution is 2.28. The maximum Gasteiger partial charge on any atom is 0.253 e. The molecule has 0 saturated heterocycles. The predicted molar refractivity (Wildman–Crippen MR) is 112 cm³/mol. The van der Waals surface area contributed by atoms with Crippen LogP contribution in [0, 0.1) is 5.82 Å². The van der Waals surface area contributed by atoms with Gasteiger partial charge in [0.25, 0.3) is 5.91 Å². The third-order valence-corrected chi connectivity index (χ3v) is 4.98. The number of amides is 2. The quantitative estimate of drug-likeness (QED) is 0.510. The second-order valence-corrected chi connectivity index (χ2v) is 6.96. The van der Waals surface area contributed by atoms with Crippen LogP contribution in [0.4, 0.5) is 4.39 Å². The van der Waals surface area contributed by atoms with Crippen LogP contribution in [0.3, 0.4) is 0 Å². The van der Waals surface area contributed by atoms with Gasteiger partial charge in [0.1, 0.15) is 11.9 Å². The van der Waals surface area contributed by atoms with Crippen LogP contribution in [0.25, 0.3) is 21.5 Å². The van der Waals surface area contributed by atoms with Crippen molar-refractivity contribution in [1.29, 1.82) is 0 Å². The Morgan fingerprint density at radius 2 is 1.48 bits per heavy atom. The van der Waals surface area contributed by atoms with Gasteiger partial charge >= 0.3 is 0 Å². The molecule has 0 aromatic heterocycles. The molecule has 1 atom stereocenters. The first-order valence-corrected chi connectivity index (χ1v) is 9.28. The molecule has 0 spiro atoms. The number of benzene rings is 4. The van der Waals surface area contributed by atoms with Gasteiger partial charge in [-0.15, -0.1) is 0 Å². The fraction of sp³-hybridized carbons (Fsp3) is 0.0833. The molecule has 4 rings (SSSR count). The van der Waals surface area contributed by atoms with Crippen LogP contribution in [0.5, 0.6) is 0 Å². The van der Waals surface area contributed by atoms with E-state index < -0.39 is 23.7 Å². The van der Waals surface area contributed by atoms with Gasteiger partial charge in [0.2, 0.25) is 5.91 Å². The van der Waals surface area contributed by atoms with Gasteiger partial charge in [-0.1, -0.05) is 60.7 Å². The lowest BCUT2D eigenvalue weighted by Gasteiger charge is -2.18. The number of nitrogens with one attached hydrogen (secondary N) is 1. The lowest BCUT2D eigenvalue weighted by atomic mass is 9.95. The van der Waals surface area contributed by atoms with Gasteiger partial charge in [-0.2, -0.15) is 0 Å². The molecule has 0 saturated carbocycles. The average Bonchev–Trinajstić information content (AvgIpc) is 2.71. The standard InChI is InChI=1S/C24H19FN2O2/c25-18-9-5-6-15(12-18)13-21(23(26)28)27-24(29)22-19-10-3-1-7-16(19)14-17-8-2-4-11-20(17)22/h1-12,14,21H,13H2,(H2,26,28)(H,27,29)/t21-/m0/s1. The Morgan fingerprint density at radius 3 is 2.07 bits per heavy atom. The summed E-state index contributed by atoms with van der Waals surface area (Å²) in [5.74, 6) is -1.47. The summed E-state index contributed by atoms with van der Waals surface area (Å²) in [4.78, 5) is 25.2. The molecular weight excluding hydrogens is 367 g/mol. The minimum atomic E-state index is -0.956. The van der Waals surface area contributed by atoms with Crippen molar-refractivity contribution < 1.29 is 14.0 Å². The SMILES string of the molecule is NC(=O)[C@H](Cc1cccc(F)c1)NC(=O)c1c2ccccc2cc2ccccc12. The molecule has 0 aliphatic rings. The minimum absolute atomic E-state index is 0.113. The first kappa shape index (κ1) is 18.6. The van der Waals surface area contributed by atoms with Crippen molar-refractivity contribution in [2.45, 2.75) is 12.5 Å². The summed E-state index contributed by atoms with van der Waals surface area (Å²) in [7, 11) is 0. The normalized spacial score (nSPS) is 12.0. The Morgan fingerprint density at radius 1 is 0.862 bits per heavy atom. The van der Waals surface area contributed by atoms with E-state index in [4.69, 9.17) is 5.73 Å². The summed E-state index contributed by atoms with van der Waals surface area (Å²) >= 11 is 0. The summed E-state index contributed by atoms with van der Waals surface area (Å²) in [6.07, 6.45) is 0.113. The summed E-state index contributed by atoms with van der Waals surface area (Å²) in [6.45, 7) is 0. The monoisotopic (exact) mass is 386 g/mol. The maximum absolute atomic E-state index is 13.5. The summed E-state index contributed by atoms with van der Waals surface area (Å²) < 4.78 is 13.5. The first-order chi connectivity index (χ1) is 14.0. The topological polar surface area (TPSA) is 72.2 Å². The zero-order valence-electron chi connectivity index (χ0n) is 15.6. The lowest BCUT2D eigenvalue weighted by Crippen LogP contribution is -2.46. The van der Waals surface area contributed by atoms with Crippen molar-refractivity contribution in [2.24, 2.45) is 5.73 Å². The summed E-state index contributed by atoms with van der Waals surface area (Å²) in [6, 6.07) is 22.2. The highest BCUT2D eigenvalue weighted by atomic mass is 19.1. The molecule has 29 heavy (non-hydrogen) atoms. The molecular formula is C24H19FN2O2. The Kier molecular flexibility index (Phi) is 4.96. The Balaban J connectivity index is 1.74. The molecule has 2 amide bonds. The van der Waals surface area contributed by atoms with Crippen molar-refractivity contribution in [2.75, 3.05) is 0 Å². The Labute approximate surface area is 167 Å². The van der Waals surface area contributed by atoms with Crippen molar-refractivity contribution in [3.63, 3.8) is 0 Å². The number of halogens is 1. The van der Waals surface area contributed by atoms with Gasteiger partial charge in [-0.05, 0) is 45.3 Å². The maximum atomic E-state index is 13.5. The summed E-state index contributed by atoms with van der Waals surface area (Å²) in [5.41, 5.74) is 6.60. The Bertz CT molecular complexity index is 1180. The van der Waals surface area contributed by atoms with Gasteiger partial charge in [0.05, 0.1) is 5.56 Å². The van der Waals surface area contributed by atoms with E-state index in [1.54, 1.807) is 12.1 Å². The van der Waals surface area contributed by atoms with Crippen LogP contribution < -0.4 is 11.1 Å². The van der Waals surface area contributed by atoms with E-state index in [0.717, 1.165) is 21.5 Å². The number of carbonyl (C=O) groups excluding carboxylic acids is 2. The van der Waals surface area contributed by atoms with Gasteiger partial charge in [-0.25, -0.2) is 4.39 Å². The van der Waals surface area contributed by atoms with Gasteiger partial charge < -0.3 is 11.1 Å². The highest BCUT2D eigenvalue weighted by molar-refractivity contribution is 6.18. The number of hydrogen-bond acceptors (Lipinski definition) is 2. The molecule has 5 heteroatoms. The fourth-order valence-corrected chi connectivity index (χ4v) is 3.61. The van der Waals surface area contributed by atoms with Crippen molar-refractivity contribution in [3.05, 3.63) is 95.8 Å². The van der Waals surface area contributed by atoms with E-state index in [-0.39, 0.29) is 6.42 Å². The molecule has 0 radical (unpaired) electrons. The highest BCUT2D eigenvalue weighted by Gasteiger charge is 2.22. The molecule has 0 aliphatic carbocycles. The van der Waals surface area contributed by atoms with Gasteiger partial charge in [0, 0.05) is 6.42 Å². The van der Waals surface area contributed by atoms with Crippen LogP contribution in [0.15, 0.2) is 78.9 Å². The Hall–Kier alpha value is -3.73. The fourth-order valence-electron chi connectivity index (χ4n) is 3.61. The van der Waals surface area contributed by atoms with Crippen molar-refractivity contribution in [3.8, 4) is 0 Å². The summed E-state index contributed by atoms with van der Waals surface area (Å²) in [5, 5.41) is 6.18. The van der Waals surface area contributed by atoms with Gasteiger partial charge in [0.15, 0.2) is 0 Å². The number of hydrogen-bond donors (Lipinski definition) is 2. The number of nitrogens with two attached hydrogens (primary N) is 1. The number of primary amides is 1. The van der Waals surface area contributed by atoms with E-state index in [9.17, 15) is 14.0 Å². The molecule has 3 N–H and O–H groups in total. The van der Waals surface area contributed by atoms with Crippen LogP contribution >= 0.6 is 0 Å². The molecule has 4 nitrogen and oxygen atoms in total. The second-order valence-electron chi connectivity index (χ2n) is 6.96. The average molecular weight is 386 g/mol. The molecule has 0 heterocycles. The third-order valence-electron chi connectivity index (χ3n) is 4.98.